The number of amides is 2. The van der Waals surface area contributed by atoms with Crippen molar-refractivity contribution in [2.24, 2.45) is 5.10 Å². The molecule has 8 heteroatoms. The lowest BCUT2D eigenvalue weighted by Gasteiger charge is -2.11. The van der Waals surface area contributed by atoms with Gasteiger partial charge in [-0.25, -0.2) is 10.2 Å². The van der Waals surface area contributed by atoms with E-state index in [4.69, 9.17) is 16.3 Å². The second kappa shape index (κ2) is 11.3. The summed E-state index contributed by atoms with van der Waals surface area (Å²) in [5.41, 5.74) is 4.62. The first-order valence-corrected chi connectivity index (χ1v) is 11.4. The summed E-state index contributed by atoms with van der Waals surface area (Å²) in [7, 11) is 0. The molecule has 2 amide bonds. The van der Waals surface area contributed by atoms with Crippen molar-refractivity contribution in [2.75, 3.05) is 6.54 Å². The zero-order valence-electron chi connectivity index (χ0n) is 19.3. The quantitative estimate of drug-likeness (QED) is 0.163. The number of esters is 1. The number of hydrazone groups is 1. The molecule has 0 bridgehead atoms. The van der Waals surface area contributed by atoms with Crippen LogP contribution < -0.4 is 15.5 Å². The molecule has 4 aromatic rings. The largest absolute Gasteiger partial charge is 0.422 e. The van der Waals surface area contributed by atoms with E-state index in [1.54, 1.807) is 42.5 Å². The Hall–Kier alpha value is -4.49. The molecule has 0 fully saturated rings. The molecule has 4 rings (SSSR count). The van der Waals surface area contributed by atoms with Crippen molar-refractivity contribution in [1.29, 1.82) is 0 Å². The zero-order chi connectivity index (χ0) is 25.5. The van der Waals surface area contributed by atoms with Gasteiger partial charge in [0.2, 0.25) is 0 Å². The first-order chi connectivity index (χ1) is 17.4. The van der Waals surface area contributed by atoms with Gasteiger partial charge in [-0.15, -0.1) is 0 Å². The third kappa shape index (κ3) is 6.14. The predicted molar refractivity (Wildman–Crippen MR) is 140 cm³/mol. The summed E-state index contributed by atoms with van der Waals surface area (Å²) in [6.07, 6.45) is 1.41. The Bertz CT molecular complexity index is 1480. The smallest absolute Gasteiger partial charge is 0.343 e. The zero-order valence-corrected chi connectivity index (χ0v) is 20.1. The number of ether oxygens (including phenoxy) is 1. The van der Waals surface area contributed by atoms with Crippen molar-refractivity contribution in [3.05, 3.63) is 112 Å². The molecule has 36 heavy (non-hydrogen) atoms. The van der Waals surface area contributed by atoms with E-state index in [1.165, 1.54) is 12.3 Å². The number of aryl methyl sites for hydroxylation is 1. The minimum atomic E-state index is -0.528. The molecule has 0 spiro atoms. The van der Waals surface area contributed by atoms with Crippen LogP contribution in [0.2, 0.25) is 5.02 Å². The summed E-state index contributed by atoms with van der Waals surface area (Å²) >= 11 is 5.90. The SMILES string of the molecule is Cc1cccc(C(=O)Oc2ccc3ccccc3c2/C=N\NC(=O)CNC(=O)c2cccc(Cl)c2)c1. The van der Waals surface area contributed by atoms with Crippen molar-refractivity contribution in [2.45, 2.75) is 6.92 Å². The lowest BCUT2D eigenvalue weighted by Crippen LogP contribution is -2.34. The van der Waals surface area contributed by atoms with Crippen molar-refractivity contribution in [3.63, 3.8) is 0 Å². The second-order valence-electron chi connectivity index (χ2n) is 7.94. The summed E-state index contributed by atoms with van der Waals surface area (Å²) in [6, 6.07) is 24.6. The normalized spacial score (nSPS) is 10.8. The van der Waals surface area contributed by atoms with Gasteiger partial charge in [0.15, 0.2) is 0 Å². The standard InChI is InChI=1S/C28H22ClN3O4/c1-18-6-4-9-21(14-18)28(35)36-25-13-12-19-7-2-3-11-23(19)24(25)16-31-32-26(33)17-30-27(34)20-8-5-10-22(29)15-20/h2-16H,17H2,1H3,(H,30,34)(H,32,33)/b31-16-. The minimum Gasteiger partial charge on any atom is -0.422 e. The van der Waals surface area contributed by atoms with E-state index in [2.05, 4.69) is 15.8 Å². The number of benzene rings is 4. The Morgan fingerprint density at radius 3 is 2.50 bits per heavy atom. The molecule has 0 unspecified atom stereocenters. The number of halogens is 1. The second-order valence-corrected chi connectivity index (χ2v) is 8.38. The maximum Gasteiger partial charge on any atom is 0.343 e. The van der Waals surface area contributed by atoms with E-state index >= 15 is 0 Å². The maximum atomic E-state index is 12.7. The molecule has 0 radical (unpaired) electrons. The number of rotatable bonds is 7. The summed E-state index contributed by atoms with van der Waals surface area (Å²) in [6.45, 7) is 1.61. The van der Waals surface area contributed by atoms with E-state index in [-0.39, 0.29) is 6.54 Å². The van der Waals surface area contributed by atoms with Crippen molar-refractivity contribution < 1.29 is 19.1 Å². The van der Waals surface area contributed by atoms with Gasteiger partial charge in [-0.3, -0.25) is 9.59 Å². The van der Waals surface area contributed by atoms with E-state index < -0.39 is 17.8 Å². The van der Waals surface area contributed by atoms with Crippen LogP contribution in [0, 0.1) is 6.92 Å². The average molecular weight is 500 g/mol. The molecule has 4 aromatic carbocycles. The van der Waals surface area contributed by atoms with Gasteiger partial charge in [0.25, 0.3) is 11.8 Å². The predicted octanol–water partition coefficient (Wildman–Crippen LogP) is 4.90. The van der Waals surface area contributed by atoms with Crippen LogP contribution in [-0.4, -0.2) is 30.5 Å². The molecule has 0 aliphatic rings. The van der Waals surface area contributed by atoms with Crippen molar-refractivity contribution >= 4 is 46.4 Å². The Balaban J connectivity index is 1.47. The van der Waals surface area contributed by atoms with Gasteiger partial charge in [0, 0.05) is 16.1 Å². The first-order valence-electron chi connectivity index (χ1n) is 11.1. The average Bonchev–Trinajstić information content (AvgIpc) is 2.88. The highest BCUT2D eigenvalue weighted by molar-refractivity contribution is 6.31. The fourth-order valence-corrected chi connectivity index (χ4v) is 3.72. The molecule has 2 N–H and O–H groups in total. The number of carbonyl (C=O) groups excluding carboxylic acids is 3. The molecule has 7 nitrogen and oxygen atoms in total. The molecule has 0 heterocycles. The molecule has 0 atom stereocenters. The molecular formula is C28H22ClN3O4. The Morgan fingerprint density at radius 2 is 1.69 bits per heavy atom. The third-order valence-corrected chi connectivity index (χ3v) is 5.50. The highest BCUT2D eigenvalue weighted by Crippen LogP contribution is 2.27. The van der Waals surface area contributed by atoms with E-state index in [0.29, 0.717) is 27.5 Å². The van der Waals surface area contributed by atoms with Gasteiger partial charge in [-0.05, 0) is 54.1 Å². The van der Waals surface area contributed by atoms with Crippen LogP contribution >= 0.6 is 11.6 Å². The molecule has 0 saturated heterocycles. The summed E-state index contributed by atoms with van der Waals surface area (Å²) in [5.74, 6) is -1.17. The summed E-state index contributed by atoms with van der Waals surface area (Å²) in [4.78, 5) is 37.2. The van der Waals surface area contributed by atoms with Gasteiger partial charge in [-0.1, -0.05) is 65.7 Å². The number of hydrogen-bond donors (Lipinski definition) is 2. The lowest BCUT2D eigenvalue weighted by atomic mass is 10.0. The molecule has 0 aromatic heterocycles. The molecule has 180 valence electrons. The highest BCUT2D eigenvalue weighted by atomic mass is 35.5. The van der Waals surface area contributed by atoms with Crippen LogP contribution in [-0.2, 0) is 4.79 Å². The molecular weight excluding hydrogens is 478 g/mol. The van der Waals surface area contributed by atoms with Crippen LogP contribution in [0.15, 0.2) is 90.0 Å². The van der Waals surface area contributed by atoms with Crippen molar-refractivity contribution in [3.8, 4) is 5.75 Å². The Kier molecular flexibility index (Phi) is 7.72. The van der Waals surface area contributed by atoms with E-state index in [9.17, 15) is 14.4 Å². The number of carbonyl (C=O) groups is 3. The molecule has 0 aliphatic carbocycles. The Labute approximate surface area is 212 Å². The number of nitrogens with one attached hydrogen (secondary N) is 2. The fraction of sp³-hybridized carbons (Fsp3) is 0.0714. The van der Waals surface area contributed by atoms with Crippen molar-refractivity contribution in [1.82, 2.24) is 10.7 Å². The minimum absolute atomic E-state index is 0.284. The fourth-order valence-electron chi connectivity index (χ4n) is 3.53. The molecule has 0 aliphatic heterocycles. The van der Waals surface area contributed by atoms with Crippen LogP contribution in [0.25, 0.3) is 10.8 Å². The van der Waals surface area contributed by atoms with Gasteiger partial charge in [0.1, 0.15) is 5.75 Å². The number of hydrogen-bond acceptors (Lipinski definition) is 5. The molecule has 0 saturated carbocycles. The van der Waals surface area contributed by atoms with E-state index in [1.807, 2.05) is 43.3 Å². The van der Waals surface area contributed by atoms with Gasteiger partial charge >= 0.3 is 5.97 Å². The van der Waals surface area contributed by atoms with Crippen LogP contribution in [0.5, 0.6) is 5.75 Å². The monoisotopic (exact) mass is 499 g/mol. The van der Waals surface area contributed by atoms with Crippen LogP contribution in [0.1, 0.15) is 31.8 Å². The van der Waals surface area contributed by atoms with Gasteiger partial charge in [-0.2, -0.15) is 5.10 Å². The topological polar surface area (TPSA) is 96.9 Å². The summed E-state index contributed by atoms with van der Waals surface area (Å²) in [5, 5.41) is 8.66. The third-order valence-electron chi connectivity index (χ3n) is 5.27. The number of nitrogens with zero attached hydrogens (tertiary/aromatic N) is 1. The van der Waals surface area contributed by atoms with Gasteiger partial charge < -0.3 is 10.1 Å². The lowest BCUT2D eigenvalue weighted by molar-refractivity contribution is -0.120. The maximum absolute atomic E-state index is 12.7. The van der Waals surface area contributed by atoms with E-state index in [0.717, 1.165) is 16.3 Å². The van der Waals surface area contributed by atoms with Gasteiger partial charge in [0.05, 0.1) is 18.3 Å². The summed E-state index contributed by atoms with van der Waals surface area (Å²) < 4.78 is 5.68. The number of fused-ring (bicyclic) bond motifs is 1. The van der Waals surface area contributed by atoms with Crippen LogP contribution in [0.4, 0.5) is 0 Å². The first kappa shape index (κ1) is 24.6. The highest BCUT2D eigenvalue weighted by Gasteiger charge is 2.14. The Morgan fingerprint density at radius 1 is 0.917 bits per heavy atom. The van der Waals surface area contributed by atoms with Crippen LogP contribution in [0.3, 0.4) is 0 Å².